The van der Waals surface area contributed by atoms with Gasteiger partial charge in [-0.2, -0.15) is 0 Å². The second-order valence-corrected chi connectivity index (χ2v) is 2.52. The molecule has 0 aromatic rings. The van der Waals surface area contributed by atoms with Gasteiger partial charge >= 0.3 is 0 Å². The molecule has 0 aliphatic heterocycles. The molecule has 0 atom stereocenters. The molecule has 4 nitrogen and oxygen atoms in total. The van der Waals surface area contributed by atoms with Gasteiger partial charge in [0.2, 0.25) is 11.8 Å². The fraction of sp³-hybridized carbons (Fsp3) is 0.714. The number of carbonyl (C=O) groups excluding carboxylic acids is 2. The molecule has 0 rings (SSSR count). The molecular weight excluding hydrogens is 144 g/mol. The fourth-order valence-electron chi connectivity index (χ4n) is 0.569. The number of hydrogen-bond acceptors (Lipinski definition) is 2. The van der Waals surface area contributed by atoms with Crippen molar-refractivity contribution in [2.75, 3.05) is 20.6 Å². The van der Waals surface area contributed by atoms with Gasteiger partial charge in [0.1, 0.15) is 0 Å². The van der Waals surface area contributed by atoms with Crippen molar-refractivity contribution in [2.24, 2.45) is 0 Å². The Morgan fingerprint density at radius 1 is 1.36 bits per heavy atom. The van der Waals surface area contributed by atoms with E-state index < -0.39 is 0 Å². The van der Waals surface area contributed by atoms with Crippen molar-refractivity contribution in [3.8, 4) is 0 Å². The predicted octanol–water partition coefficient (Wildman–Crippen LogP) is -0.399. The van der Waals surface area contributed by atoms with Gasteiger partial charge < -0.3 is 10.2 Å². The SMILES string of the molecule is CC(=O)NCCC(=O)N(C)C. The Hall–Kier alpha value is -1.06. The second kappa shape index (κ2) is 4.71. The van der Waals surface area contributed by atoms with E-state index in [1.165, 1.54) is 11.8 Å². The van der Waals surface area contributed by atoms with Crippen LogP contribution in [0, 0.1) is 0 Å². The van der Waals surface area contributed by atoms with E-state index in [9.17, 15) is 9.59 Å². The van der Waals surface area contributed by atoms with Crippen molar-refractivity contribution < 1.29 is 9.59 Å². The summed E-state index contributed by atoms with van der Waals surface area (Å²) in [6, 6.07) is 0. The van der Waals surface area contributed by atoms with Crippen LogP contribution in [0.1, 0.15) is 13.3 Å². The Morgan fingerprint density at radius 2 is 1.91 bits per heavy atom. The number of rotatable bonds is 3. The molecular formula is C7H14N2O2. The quantitative estimate of drug-likeness (QED) is 0.607. The van der Waals surface area contributed by atoms with Crippen molar-refractivity contribution in [2.45, 2.75) is 13.3 Å². The highest BCUT2D eigenvalue weighted by atomic mass is 16.2. The number of amides is 2. The maximum absolute atomic E-state index is 10.9. The van der Waals surface area contributed by atoms with Crippen molar-refractivity contribution in [3.05, 3.63) is 0 Å². The van der Waals surface area contributed by atoms with Gasteiger partial charge in [0, 0.05) is 34.0 Å². The van der Waals surface area contributed by atoms with Gasteiger partial charge in [-0.15, -0.1) is 0 Å². The molecule has 0 saturated heterocycles. The van der Waals surface area contributed by atoms with Crippen LogP contribution in [-0.2, 0) is 9.59 Å². The van der Waals surface area contributed by atoms with Gasteiger partial charge in [0.25, 0.3) is 0 Å². The predicted molar refractivity (Wildman–Crippen MR) is 42.0 cm³/mol. The largest absolute Gasteiger partial charge is 0.356 e. The zero-order valence-electron chi connectivity index (χ0n) is 7.18. The smallest absolute Gasteiger partial charge is 0.223 e. The van der Waals surface area contributed by atoms with Gasteiger partial charge in [-0.1, -0.05) is 0 Å². The minimum absolute atomic E-state index is 0.0266. The highest BCUT2D eigenvalue weighted by Gasteiger charge is 2.02. The summed E-state index contributed by atoms with van der Waals surface area (Å²) in [6.45, 7) is 1.85. The summed E-state index contributed by atoms with van der Waals surface area (Å²) in [5.41, 5.74) is 0. The van der Waals surface area contributed by atoms with Crippen LogP contribution < -0.4 is 5.32 Å². The van der Waals surface area contributed by atoms with Crippen molar-refractivity contribution >= 4 is 11.8 Å². The zero-order valence-corrected chi connectivity index (χ0v) is 7.18. The molecule has 0 fully saturated rings. The van der Waals surface area contributed by atoms with E-state index >= 15 is 0 Å². The molecule has 64 valence electrons. The van der Waals surface area contributed by atoms with Crippen LogP contribution in [0.15, 0.2) is 0 Å². The first-order chi connectivity index (χ1) is 5.04. The minimum atomic E-state index is -0.100. The summed E-state index contributed by atoms with van der Waals surface area (Å²) >= 11 is 0. The van der Waals surface area contributed by atoms with Crippen molar-refractivity contribution in [3.63, 3.8) is 0 Å². The molecule has 2 amide bonds. The second-order valence-electron chi connectivity index (χ2n) is 2.52. The molecule has 0 unspecified atom stereocenters. The van der Waals surface area contributed by atoms with Crippen molar-refractivity contribution in [1.29, 1.82) is 0 Å². The normalized spacial score (nSPS) is 9.00. The highest BCUT2D eigenvalue weighted by Crippen LogP contribution is 1.84. The Labute approximate surface area is 66.6 Å². The summed E-state index contributed by atoms with van der Waals surface area (Å²) < 4.78 is 0. The molecule has 4 heteroatoms. The molecule has 0 aromatic heterocycles. The summed E-state index contributed by atoms with van der Waals surface area (Å²) in [5.74, 6) is -0.0738. The number of nitrogens with zero attached hydrogens (tertiary/aromatic N) is 1. The molecule has 0 saturated carbocycles. The van der Waals surface area contributed by atoms with Crippen LogP contribution in [0.3, 0.4) is 0 Å². The van der Waals surface area contributed by atoms with Gasteiger partial charge in [-0.25, -0.2) is 0 Å². The Morgan fingerprint density at radius 3 is 2.27 bits per heavy atom. The number of carbonyl (C=O) groups is 2. The first-order valence-corrected chi connectivity index (χ1v) is 3.48. The van der Waals surface area contributed by atoms with E-state index in [1.807, 2.05) is 0 Å². The third kappa shape index (κ3) is 5.39. The molecule has 11 heavy (non-hydrogen) atoms. The van der Waals surface area contributed by atoms with Crippen LogP contribution in [0.2, 0.25) is 0 Å². The monoisotopic (exact) mass is 158 g/mol. The lowest BCUT2D eigenvalue weighted by Crippen LogP contribution is -2.28. The van der Waals surface area contributed by atoms with Gasteiger partial charge in [-0.05, 0) is 0 Å². The Bertz CT molecular complexity index is 155. The molecule has 0 aromatic carbocycles. The van der Waals surface area contributed by atoms with Gasteiger partial charge in [-0.3, -0.25) is 9.59 Å². The molecule has 0 spiro atoms. The number of nitrogens with one attached hydrogen (secondary N) is 1. The van der Waals surface area contributed by atoms with E-state index in [-0.39, 0.29) is 11.8 Å². The lowest BCUT2D eigenvalue weighted by Gasteiger charge is -2.09. The van der Waals surface area contributed by atoms with Gasteiger partial charge in [0.15, 0.2) is 0 Å². The van der Waals surface area contributed by atoms with E-state index in [4.69, 9.17) is 0 Å². The lowest BCUT2D eigenvalue weighted by atomic mass is 10.4. The van der Waals surface area contributed by atoms with Crippen LogP contribution >= 0.6 is 0 Å². The zero-order chi connectivity index (χ0) is 8.85. The summed E-state index contributed by atoms with van der Waals surface area (Å²) in [5, 5.41) is 2.54. The first-order valence-electron chi connectivity index (χ1n) is 3.48. The summed E-state index contributed by atoms with van der Waals surface area (Å²) in [7, 11) is 3.38. The molecule has 0 aliphatic carbocycles. The van der Waals surface area contributed by atoms with E-state index in [2.05, 4.69) is 5.32 Å². The molecule has 1 N–H and O–H groups in total. The van der Waals surface area contributed by atoms with E-state index in [0.29, 0.717) is 13.0 Å². The first kappa shape index (κ1) is 9.94. The molecule has 0 bridgehead atoms. The topological polar surface area (TPSA) is 49.4 Å². The molecule has 0 aliphatic rings. The van der Waals surface area contributed by atoms with Crippen LogP contribution in [0.4, 0.5) is 0 Å². The summed E-state index contributed by atoms with van der Waals surface area (Å²) in [6.07, 6.45) is 0.368. The molecule has 0 radical (unpaired) electrons. The third-order valence-corrected chi connectivity index (χ3v) is 1.21. The lowest BCUT2D eigenvalue weighted by molar-refractivity contribution is -0.128. The standard InChI is InChI=1S/C7H14N2O2/c1-6(10)8-5-4-7(11)9(2)3/h4-5H2,1-3H3,(H,8,10). The fourth-order valence-corrected chi connectivity index (χ4v) is 0.569. The third-order valence-electron chi connectivity index (χ3n) is 1.21. The molecule has 0 heterocycles. The Balaban J connectivity index is 3.39. The van der Waals surface area contributed by atoms with Crippen LogP contribution in [0.5, 0.6) is 0 Å². The van der Waals surface area contributed by atoms with Crippen molar-refractivity contribution in [1.82, 2.24) is 10.2 Å². The Kier molecular flexibility index (Phi) is 4.26. The van der Waals surface area contributed by atoms with Gasteiger partial charge in [0.05, 0.1) is 0 Å². The van der Waals surface area contributed by atoms with Crippen LogP contribution in [-0.4, -0.2) is 37.4 Å². The minimum Gasteiger partial charge on any atom is -0.356 e. The summed E-state index contributed by atoms with van der Waals surface area (Å²) in [4.78, 5) is 22.8. The average Bonchev–Trinajstić information content (AvgIpc) is 1.86. The van der Waals surface area contributed by atoms with E-state index in [1.54, 1.807) is 14.1 Å². The maximum atomic E-state index is 10.9. The average molecular weight is 158 g/mol. The number of hydrogen-bond donors (Lipinski definition) is 1. The van der Waals surface area contributed by atoms with Crippen LogP contribution in [0.25, 0.3) is 0 Å². The van der Waals surface area contributed by atoms with E-state index in [0.717, 1.165) is 0 Å². The maximum Gasteiger partial charge on any atom is 0.223 e. The highest BCUT2D eigenvalue weighted by molar-refractivity contribution is 5.77.